The maximum atomic E-state index is 12.0. The number of benzene rings is 2. The van der Waals surface area contributed by atoms with E-state index in [2.05, 4.69) is 58.9 Å². The van der Waals surface area contributed by atoms with Crippen LogP contribution in [0.1, 0.15) is 61.8 Å². The number of anilines is 2. The third-order valence-corrected chi connectivity index (χ3v) is 6.75. The van der Waals surface area contributed by atoms with E-state index in [0.29, 0.717) is 13.1 Å². The first kappa shape index (κ1) is 26.0. The van der Waals surface area contributed by atoms with Gasteiger partial charge in [0.25, 0.3) is 0 Å². The molecule has 2 aliphatic heterocycles. The van der Waals surface area contributed by atoms with E-state index < -0.39 is 11.9 Å². The van der Waals surface area contributed by atoms with Crippen molar-refractivity contribution in [2.75, 3.05) is 36.0 Å². The zero-order valence-corrected chi connectivity index (χ0v) is 21.5. The Balaban J connectivity index is 1.19. The summed E-state index contributed by atoms with van der Waals surface area (Å²) in [5.74, 6) is -2.18. The van der Waals surface area contributed by atoms with Crippen molar-refractivity contribution >= 4 is 23.3 Å². The largest absolute Gasteiger partial charge is 0.437 e. The predicted octanol–water partition coefficient (Wildman–Crippen LogP) is 3.81. The number of fused-ring (bicyclic) bond motifs is 2. The minimum absolute atomic E-state index is 0.317. The van der Waals surface area contributed by atoms with Gasteiger partial charge in [0.2, 0.25) is 0 Å². The first-order chi connectivity index (χ1) is 17.6. The van der Waals surface area contributed by atoms with Crippen LogP contribution in [0.15, 0.2) is 36.4 Å². The van der Waals surface area contributed by atoms with Crippen molar-refractivity contribution in [3.63, 3.8) is 0 Å². The summed E-state index contributed by atoms with van der Waals surface area (Å²) >= 11 is 0. The van der Waals surface area contributed by atoms with Gasteiger partial charge >= 0.3 is 11.9 Å². The Morgan fingerprint density at radius 2 is 1.19 bits per heavy atom. The SMILES string of the molecule is CCCN1CCCc2cc(CNOC(=O)C(=O)ONCc3ccc4c(c3)CCCN4CCC)ccc21. The molecule has 0 radical (unpaired) electrons. The number of carbonyl (C=O) groups excluding carboxylic acids is 2. The molecule has 0 bridgehead atoms. The van der Waals surface area contributed by atoms with Crippen LogP contribution in [0.25, 0.3) is 0 Å². The summed E-state index contributed by atoms with van der Waals surface area (Å²) in [6.07, 6.45) is 6.61. The highest BCUT2D eigenvalue weighted by Crippen LogP contribution is 2.29. The van der Waals surface area contributed by atoms with Gasteiger partial charge in [-0.25, -0.2) is 9.59 Å². The van der Waals surface area contributed by atoms with Crippen molar-refractivity contribution in [3.05, 3.63) is 58.7 Å². The highest BCUT2D eigenvalue weighted by molar-refractivity contribution is 6.29. The summed E-state index contributed by atoms with van der Waals surface area (Å²) < 4.78 is 0. The number of aryl methyl sites for hydroxylation is 2. The Labute approximate surface area is 213 Å². The molecule has 0 amide bonds. The second kappa shape index (κ2) is 12.7. The number of nitrogens with zero attached hydrogens (tertiary/aromatic N) is 2. The third-order valence-electron chi connectivity index (χ3n) is 6.75. The molecule has 2 N–H and O–H groups in total. The van der Waals surface area contributed by atoms with Crippen LogP contribution in [0.5, 0.6) is 0 Å². The summed E-state index contributed by atoms with van der Waals surface area (Å²) in [7, 11) is 0. The van der Waals surface area contributed by atoms with Gasteiger partial charge in [0.15, 0.2) is 0 Å². The van der Waals surface area contributed by atoms with Crippen molar-refractivity contribution in [3.8, 4) is 0 Å². The molecule has 36 heavy (non-hydrogen) atoms. The molecule has 4 rings (SSSR count). The first-order valence-corrected chi connectivity index (χ1v) is 13.2. The molecule has 0 saturated carbocycles. The van der Waals surface area contributed by atoms with E-state index in [0.717, 1.165) is 75.8 Å². The quantitative estimate of drug-likeness (QED) is 0.381. The Bertz CT molecular complexity index is 974. The van der Waals surface area contributed by atoms with Crippen LogP contribution in [0.2, 0.25) is 0 Å². The van der Waals surface area contributed by atoms with Gasteiger partial charge in [-0.2, -0.15) is 0 Å². The highest BCUT2D eigenvalue weighted by atomic mass is 16.7. The molecule has 8 heteroatoms. The lowest BCUT2D eigenvalue weighted by Crippen LogP contribution is -2.32. The average molecular weight is 495 g/mol. The lowest BCUT2D eigenvalue weighted by molar-refractivity contribution is -0.177. The van der Waals surface area contributed by atoms with E-state index in [9.17, 15) is 9.59 Å². The molecule has 0 atom stereocenters. The minimum atomic E-state index is -1.09. The van der Waals surface area contributed by atoms with Gasteiger partial charge in [-0.3, -0.25) is 0 Å². The molecule has 194 valence electrons. The van der Waals surface area contributed by atoms with Crippen LogP contribution in [0.4, 0.5) is 11.4 Å². The number of rotatable bonds is 10. The van der Waals surface area contributed by atoms with E-state index in [4.69, 9.17) is 9.68 Å². The predicted molar refractivity (Wildman–Crippen MR) is 140 cm³/mol. The Hall–Kier alpha value is -3.10. The van der Waals surface area contributed by atoms with Crippen LogP contribution >= 0.6 is 0 Å². The van der Waals surface area contributed by atoms with Gasteiger partial charge in [0.05, 0.1) is 13.1 Å². The van der Waals surface area contributed by atoms with E-state index in [1.165, 1.54) is 22.5 Å². The second-order valence-electron chi connectivity index (χ2n) is 9.53. The van der Waals surface area contributed by atoms with Crippen molar-refractivity contribution in [2.45, 2.75) is 65.5 Å². The lowest BCUT2D eigenvalue weighted by atomic mass is 9.99. The van der Waals surface area contributed by atoms with Crippen molar-refractivity contribution in [2.24, 2.45) is 0 Å². The van der Waals surface area contributed by atoms with Gasteiger partial charge in [0, 0.05) is 37.6 Å². The molecular formula is C28H38N4O4. The molecule has 0 aromatic heterocycles. The first-order valence-electron chi connectivity index (χ1n) is 13.2. The molecule has 0 unspecified atom stereocenters. The van der Waals surface area contributed by atoms with Crippen LogP contribution in [-0.2, 0) is 45.2 Å². The topological polar surface area (TPSA) is 83.1 Å². The van der Waals surface area contributed by atoms with E-state index >= 15 is 0 Å². The average Bonchev–Trinajstić information content (AvgIpc) is 2.89. The monoisotopic (exact) mass is 494 g/mol. The smallest absolute Gasteiger partial charge is 0.371 e. The van der Waals surface area contributed by atoms with Crippen LogP contribution in [-0.4, -0.2) is 38.1 Å². The molecule has 2 heterocycles. The molecule has 8 nitrogen and oxygen atoms in total. The van der Waals surface area contributed by atoms with Crippen LogP contribution < -0.4 is 20.8 Å². The van der Waals surface area contributed by atoms with Gasteiger partial charge in [0.1, 0.15) is 0 Å². The Morgan fingerprint density at radius 3 is 1.61 bits per heavy atom. The molecule has 0 aliphatic carbocycles. The molecule has 0 spiro atoms. The molecule has 0 fully saturated rings. The van der Waals surface area contributed by atoms with E-state index in [-0.39, 0.29) is 0 Å². The number of hydroxylamine groups is 2. The molecule has 2 aromatic rings. The second-order valence-corrected chi connectivity index (χ2v) is 9.53. The summed E-state index contributed by atoms with van der Waals surface area (Å²) in [5, 5.41) is 0. The van der Waals surface area contributed by atoms with Crippen molar-refractivity contribution in [1.29, 1.82) is 0 Å². The van der Waals surface area contributed by atoms with Gasteiger partial charge in [-0.1, -0.05) is 38.1 Å². The van der Waals surface area contributed by atoms with Crippen LogP contribution in [0, 0.1) is 0 Å². The number of carbonyl (C=O) groups is 2. The molecule has 2 aromatic carbocycles. The maximum absolute atomic E-state index is 12.0. The summed E-state index contributed by atoms with van der Waals surface area (Å²) in [6, 6.07) is 12.6. The van der Waals surface area contributed by atoms with Gasteiger partial charge in [-0.15, -0.1) is 11.0 Å². The fourth-order valence-electron chi connectivity index (χ4n) is 5.13. The summed E-state index contributed by atoms with van der Waals surface area (Å²) in [5.41, 5.74) is 12.4. The van der Waals surface area contributed by atoms with Gasteiger partial charge < -0.3 is 19.5 Å². The summed E-state index contributed by atoms with van der Waals surface area (Å²) in [6.45, 7) is 9.32. The van der Waals surface area contributed by atoms with E-state index in [1.807, 2.05) is 12.1 Å². The maximum Gasteiger partial charge on any atom is 0.437 e. The minimum Gasteiger partial charge on any atom is -0.371 e. The normalized spacial score (nSPS) is 14.7. The zero-order valence-electron chi connectivity index (χ0n) is 21.5. The molecule has 2 aliphatic rings. The van der Waals surface area contributed by atoms with Crippen LogP contribution in [0.3, 0.4) is 0 Å². The fraction of sp³-hybridized carbons (Fsp3) is 0.500. The Morgan fingerprint density at radius 1 is 0.750 bits per heavy atom. The number of hydrogen-bond donors (Lipinski definition) is 2. The highest BCUT2D eigenvalue weighted by Gasteiger charge is 2.20. The number of hydrogen-bond acceptors (Lipinski definition) is 8. The third kappa shape index (κ3) is 6.56. The molecular weight excluding hydrogens is 456 g/mol. The number of nitrogens with one attached hydrogen (secondary N) is 2. The zero-order chi connectivity index (χ0) is 25.3. The standard InChI is InChI=1S/C28H38N4O4/c1-3-13-31-15-5-7-23-17-21(9-11-25(23)31)19-29-35-27(33)28(34)36-30-20-22-10-12-26-24(18-22)8-6-16-32(26)14-4-2/h9-12,17-18,29-30H,3-8,13-16,19-20H2,1-2H3. The summed E-state index contributed by atoms with van der Waals surface area (Å²) in [4.78, 5) is 38.7. The lowest BCUT2D eigenvalue weighted by Gasteiger charge is -2.31. The van der Waals surface area contributed by atoms with Gasteiger partial charge in [-0.05, 0) is 72.9 Å². The fourth-order valence-corrected chi connectivity index (χ4v) is 5.13. The molecule has 0 saturated heterocycles. The van der Waals surface area contributed by atoms with E-state index in [1.54, 1.807) is 0 Å². The van der Waals surface area contributed by atoms with Crippen molar-refractivity contribution in [1.82, 2.24) is 11.0 Å². The Kier molecular flexibility index (Phi) is 9.19. The van der Waals surface area contributed by atoms with Crippen molar-refractivity contribution < 1.29 is 19.3 Å².